The molecule has 1 aliphatic rings. The van der Waals surface area contributed by atoms with Crippen LogP contribution in [0.25, 0.3) is 0 Å². The van der Waals surface area contributed by atoms with E-state index in [9.17, 15) is 0 Å². The first-order valence-corrected chi connectivity index (χ1v) is 8.98. The Hall–Kier alpha value is -1.07. The maximum absolute atomic E-state index is 5.30. The van der Waals surface area contributed by atoms with Crippen molar-refractivity contribution in [2.45, 2.75) is 45.6 Å². The molecule has 5 heteroatoms. The molecule has 0 amide bonds. The Morgan fingerprint density at radius 3 is 2.68 bits per heavy atom. The monoisotopic (exact) mass is 323 g/mol. The summed E-state index contributed by atoms with van der Waals surface area (Å²) in [6.45, 7) is 4.81. The number of nitrogens with zero attached hydrogens (tertiary/aromatic N) is 1. The summed E-state index contributed by atoms with van der Waals surface area (Å²) in [6.07, 6.45) is 6.41. The lowest BCUT2D eigenvalue weighted by Crippen LogP contribution is -2.43. The van der Waals surface area contributed by atoms with Crippen LogP contribution in [0.15, 0.2) is 17.1 Å². The number of aryl methyl sites for hydroxylation is 1. The van der Waals surface area contributed by atoms with Crippen LogP contribution in [0, 0.1) is 12.3 Å². The number of thiophene rings is 1. The predicted octanol–water partition coefficient (Wildman–Crippen LogP) is 3.32. The molecule has 2 rings (SSSR count). The lowest BCUT2D eigenvalue weighted by molar-refractivity contribution is 0.138. The van der Waals surface area contributed by atoms with Gasteiger partial charge in [0.05, 0.1) is 6.54 Å². The van der Waals surface area contributed by atoms with Crippen LogP contribution in [-0.4, -0.2) is 33.3 Å². The van der Waals surface area contributed by atoms with E-state index in [0.717, 1.165) is 32.1 Å². The van der Waals surface area contributed by atoms with E-state index in [1.807, 2.05) is 18.4 Å². The molecule has 1 aromatic rings. The Morgan fingerprint density at radius 2 is 2.09 bits per heavy atom. The third-order valence-electron chi connectivity index (χ3n) is 4.58. The van der Waals surface area contributed by atoms with E-state index in [1.165, 1.54) is 35.4 Å². The van der Waals surface area contributed by atoms with Crippen LogP contribution < -0.4 is 10.6 Å². The quantitative estimate of drug-likeness (QED) is 0.598. The fourth-order valence-corrected chi connectivity index (χ4v) is 4.03. The van der Waals surface area contributed by atoms with E-state index in [1.54, 1.807) is 7.11 Å². The van der Waals surface area contributed by atoms with Gasteiger partial charge >= 0.3 is 0 Å². The predicted molar refractivity (Wildman–Crippen MR) is 94.7 cm³/mol. The summed E-state index contributed by atoms with van der Waals surface area (Å²) >= 11 is 1.83. The van der Waals surface area contributed by atoms with E-state index in [4.69, 9.17) is 4.74 Å². The van der Waals surface area contributed by atoms with Crippen molar-refractivity contribution >= 4 is 17.3 Å². The van der Waals surface area contributed by atoms with Crippen molar-refractivity contribution in [1.29, 1.82) is 0 Å². The zero-order valence-corrected chi connectivity index (χ0v) is 14.9. The minimum absolute atomic E-state index is 0.382. The van der Waals surface area contributed by atoms with Gasteiger partial charge in [0.15, 0.2) is 5.96 Å². The molecule has 0 spiro atoms. The van der Waals surface area contributed by atoms with Gasteiger partial charge in [0.1, 0.15) is 0 Å². The minimum atomic E-state index is 0.382. The molecule has 1 aliphatic carbocycles. The van der Waals surface area contributed by atoms with Gasteiger partial charge in [-0.25, -0.2) is 0 Å². The van der Waals surface area contributed by atoms with Crippen LogP contribution >= 0.6 is 11.3 Å². The normalized spacial score (nSPS) is 17.7. The topological polar surface area (TPSA) is 45.7 Å². The van der Waals surface area contributed by atoms with Crippen molar-refractivity contribution in [3.8, 4) is 0 Å². The first-order chi connectivity index (χ1) is 10.7. The van der Waals surface area contributed by atoms with E-state index >= 15 is 0 Å². The van der Waals surface area contributed by atoms with Gasteiger partial charge in [-0.05, 0) is 43.7 Å². The molecule has 0 atom stereocenters. The number of rotatable bonds is 7. The van der Waals surface area contributed by atoms with Crippen molar-refractivity contribution in [3.05, 3.63) is 21.9 Å². The van der Waals surface area contributed by atoms with Gasteiger partial charge in [0.2, 0.25) is 0 Å². The number of guanidine groups is 1. The lowest BCUT2D eigenvalue weighted by Gasteiger charge is -2.29. The Kier molecular flexibility index (Phi) is 6.70. The summed E-state index contributed by atoms with van der Waals surface area (Å²) in [5.41, 5.74) is 0.382. The van der Waals surface area contributed by atoms with Crippen LogP contribution in [0.3, 0.4) is 0 Å². The van der Waals surface area contributed by atoms with Crippen molar-refractivity contribution in [1.82, 2.24) is 10.6 Å². The lowest BCUT2D eigenvalue weighted by atomic mass is 9.83. The second-order valence-electron chi connectivity index (χ2n) is 6.24. The number of nitrogens with one attached hydrogen (secondary N) is 2. The maximum atomic E-state index is 5.30. The summed E-state index contributed by atoms with van der Waals surface area (Å²) < 4.78 is 5.30. The van der Waals surface area contributed by atoms with Crippen LogP contribution in [-0.2, 0) is 11.3 Å². The number of hydrogen-bond donors (Lipinski definition) is 2. The van der Waals surface area contributed by atoms with Crippen molar-refractivity contribution in [2.24, 2.45) is 10.4 Å². The Labute approximate surface area is 138 Å². The van der Waals surface area contributed by atoms with E-state index in [0.29, 0.717) is 5.41 Å². The molecular weight excluding hydrogens is 294 g/mol. The summed E-state index contributed by atoms with van der Waals surface area (Å²) in [5, 5.41) is 6.94. The largest absolute Gasteiger partial charge is 0.385 e. The molecule has 0 aromatic carbocycles. The Balaban J connectivity index is 1.81. The van der Waals surface area contributed by atoms with Gasteiger partial charge in [-0.2, -0.15) is 0 Å². The molecule has 0 bridgehead atoms. The molecule has 4 nitrogen and oxygen atoms in total. The van der Waals surface area contributed by atoms with E-state index in [-0.39, 0.29) is 0 Å². The SMILES string of the molecule is CN=C(NCc1ccc(C)s1)NCC1(CCOC)CCCC1. The van der Waals surface area contributed by atoms with Crippen molar-refractivity contribution < 1.29 is 4.74 Å². The van der Waals surface area contributed by atoms with Gasteiger partial charge in [0.25, 0.3) is 0 Å². The highest BCUT2D eigenvalue weighted by Gasteiger charge is 2.33. The molecule has 124 valence electrons. The fraction of sp³-hybridized carbons (Fsp3) is 0.706. The number of aliphatic imine (C=N–C) groups is 1. The highest BCUT2D eigenvalue weighted by molar-refractivity contribution is 7.11. The molecule has 0 radical (unpaired) electrons. The molecule has 0 saturated heterocycles. The maximum Gasteiger partial charge on any atom is 0.191 e. The summed E-state index contributed by atoms with van der Waals surface area (Å²) in [7, 11) is 3.63. The molecule has 22 heavy (non-hydrogen) atoms. The van der Waals surface area contributed by atoms with E-state index in [2.05, 4.69) is 34.7 Å². The summed E-state index contributed by atoms with van der Waals surface area (Å²) in [5.74, 6) is 0.898. The second-order valence-corrected chi connectivity index (χ2v) is 7.61. The summed E-state index contributed by atoms with van der Waals surface area (Å²) in [4.78, 5) is 7.04. The second kappa shape index (κ2) is 8.53. The molecule has 0 unspecified atom stereocenters. The van der Waals surface area contributed by atoms with Crippen molar-refractivity contribution in [3.63, 3.8) is 0 Å². The third-order valence-corrected chi connectivity index (χ3v) is 5.58. The molecule has 0 aliphatic heterocycles. The van der Waals surface area contributed by atoms with Crippen LogP contribution in [0.4, 0.5) is 0 Å². The highest BCUT2D eigenvalue weighted by atomic mass is 32.1. The molecule has 1 heterocycles. The number of hydrogen-bond acceptors (Lipinski definition) is 3. The zero-order valence-electron chi connectivity index (χ0n) is 14.1. The zero-order chi connectivity index (χ0) is 15.8. The van der Waals surface area contributed by atoms with Gasteiger partial charge in [-0.1, -0.05) is 12.8 Å². The van der Waals surface area contributed by atoms with Gasteiger partial charge in [-0.15, -0.1) is 11.3 Å². The van der Waals surface area contributed by atoms with Gasteiger partial charge in [-0.3, -0.25) is 4.99 Å². The average Bonchev–Trinajstić information content (AvgIpc) is 3.15. The van der Waals surface area contributed by atoms with Crippen LogP contribution in [0.1, 0.15) is 41.9 Å². The van der Waals surface area contributed by atoms with Crippen LogP contribution in [0.5, 0.6) is 0 Å². The minimum Gasteiger partial charge on any atom is -0.385 e. The van der Waals surface area contributed by atoms with E-state index < -0.39 is 0 Å². The molecule has 1 aromatic heterocycles. The van der Waals surface area contributed by atoms with Crippen LogP contribution in [0.2, 0.25) is 0 Å². The third kappa shape index (κ3) is 4.99. The molecule has 1 fully saturated rings. The first-order valence-electron chi connectivity index (χ1n) is 8.16. The molecule has 1 saturated carbocycles. The Bertz CT molecular complexity index is 478. The average molecular weight is 324 g/mol. The van der Waals surface area contributed by atoms with Gasteiger partial charge in [0, 0.05) is 37.1 Å². The smallest absolute Gasteiger partial charge is 0.191 e. The number of ether oxygens (including phenoxy) is 1. The summed E-state index contributed by atoms with van der Waals surface area (Å²) in [6, 6.07) is 4.34. The molecular formula is C17H29N3OS. The number of methoxy groups -OCH3 is 1. The fourth-order valence-electron chi connectivity index (χ4n) is 3.20. The Morgan fingerprint density at radius 1 is 1.32 bits per heavy atom. The molecule has 2 N–H and O–H groups in total. The first kappa shape index (κ1) is 17.3. The highest BCUT2D eigenvalue weighted by Crippen LogP contribution is 2.40. The standard InChI is InChI=1S/C17H29N3OS/c1-14-6-7-15(22-14)12-19-16(18-2)20-13-17(10-11-21-3)8-4-5-9-17/h6-7H,4-5,8-13H2,1-3H3,(H2,18,19,20). The van der Waals surface area contributed by atoms with Gasteiger partial charge < -0.3 is 15.4 Å². The van der Waals surface area contributed by atoms with Crippen molar-refractivity contribution in [2.75, 3.05) is 27.3 Å².